The van der Waals surface area contributed by atoms with Gasteiger partial charge in [0.1, 0.15) is 0 Å². The van der Waals surface area contributed by atoms with Crippen LogP contribution in [0.3, 0.4) is 0 Å². The molecule has 2 amide bonds. The molecular weight excluding hydrogens is 607 g/mol. The first-order valence-corrected chi connectivity index (χ1v) is 17.8. The summed E-state index contributed by atoms with van der Waals surface area (Å²) in [6.07, 6.45) is 0. The molecule has 2 bridgehead atoms. The van der Waals surface area contributed by atoms with Crippen molar-refractivity contribution in [1.82, 2.24) is 10.6 Å². The monoisotopic (exact) mass is 642 g/mol. The summed E-state index contributed by atoms with van der Waals surface area (Å²) in [7, 11) is -1.00. The molecule has 0 aliphatic heterocycles. The van der Waals surface area contributed by atoms with Crippen LogP contribution in [0.5, 0.6) is 0 Å². The maximum Gasteiger partial charge on any atom is 0.252 e. The maximum atomic E-state index is 14.7. The molecule has 5 heteroatoms. The van der Waals surface area contributed by atoms with Gasteiger partial charge in [0.25, 0.3) is 11.8 Å². The van der Waals surface area contributed by atoms with E-state index in [-0.39, 0.29) is 35.7 Å². The minimum atomic E-state index is -1.00. The van der Waals surface area contributed by atoms with Crippen LogP contribution in [0.25, 0.3) is 0 Å². The van der Waals surface area contributed by atoms with Crippen LogP contribution in [0.15, 0.2) is 158 Å². The molecule has 3 aliphatic rings. The van der Waals surface area contributed by atoms with E-state index in [1.54, 1.807) is 0 Å². The molecule has 0 radical (unpaired) electrons. The Hall–Kier alpha value is -5.31. The zero-order chi connectivity index (χ0) is 32.6. The van der Waals surface area contributed by atoms with E-state index in [1.807, 2.05) is 61.5 Å². The summed E-state index contributed by atoms with van der Waals surface area (Å²) in [6.45, 7) is 1.96. The van der Waals surface area contributed by atoms with Gasteiger partial charge in [0, 0.05) is 23.0 Å². The highest BCUT2D eigenvalue weighted by Gasteiger charge is 2.51. The third-order valence-corrected chi connectivity index (χ3v) is 12.3. The smallest absolute Gasteiger partial charge is 0.252 e. The predicted molar refractivity (Wildman–Crippen MR) is 195 cm³/mol. The van der Waals surface area contributed by atoms with E-state index < -0.39 is 7.92 Å². The Bertz CT molecular complexity index is 2040. The molecular formula is C43H35N2O2P. The van der Waals surface area contributed by atoms with Crippen molar-refractivity contribution < 1.29 is 9.59 Å². The average Bonchev–Trinajstić information content (AvgIpc) is 3.13. The molecule has 0 aromatic heterocycles. The molecule has 234 valence electrons. The van der Waals surface area contributed by atoms with Crippen molar-refractivity contribution in [2.24, 2.45) is 0 Å². The van der Waals surface area contributed by atoms with E-state index in [0.29, 0.717) is 11.1 Å². The first-order valence-electron chi connectivity index (χ1n) is 16.4. The van der Waals surface area contributed by atoms with Crippen molar-refractivity contribution in [1.29, 1.82) is 0 Å². The zero-order valence-electron chi connectivity index (χ0n) is 26.6. The van der Waals surface area contributed by atoms with Gasteiger partial charge in [-0.3, -0.25) is 9.59 Å². The summed E-state index contributed by atoms with van der Waals surface area (Å²) in [6, 6.07) is 52.9. The lowest BCUT2D eigenvalue weighted by Gasteiger charge is -2.51. The molecule has 6 aromatic rings. The van der Waals surface area contributed by atoms with Crippen LogP contribution in [-0.4, -0.2) is 23.9 Å². The third-order valence-electron chi connectivity index (χ3n) is 9.84. The summed E-state index contributed by atoms with van der Waals surface area (Å²) < 4.78 is 0. The van der Waals surface area contributed by atoms with E-state index in [2.05, 4.69) is 114 Å². The number of carbonyl (C=O) groups excluding carboxylic acids is 2. The van der Waals surface area contributed by atoms with Crippen molar-refractivity contribution in [3.8, 4) is 0 Å². The molecule has 0 saturated carbocycles. The van der Waals surface area contributed by atoms with E-state index >= 15 is 0 Å². The van der Waals surface area contributed by atoms with Gasteiger partial charge in [0.2, 0.25) is 0 Å². The molecule has 2 N–H and O–H groups in total. The van der Waals surface area contributed by atoms with Crippen molar-refractivity contribution in [3.63, 3.8) is 0 Å². The lowest BCUT2D eigenvalue weighted by molar-refractivity contribution is 0.0858. The molecule has 6 aromatic carbocycles. The molecule has 4 nitrogen and oxygen atoms in total. The Morgan fingerprint density at radius 1 is 0.458 bits per heavy atom. The number of aryl methyl sites for hydroxylation is 1. The number of hydrogen-bond donors (Lipinski definition) is 2. The van der Waals surface area contributed by atoms with Crippen molar-refractivity contribution >= 4 is 35.6 Å². The topological polar surface area (TPSA) is 58.2 Å². The van der Waals surface area contributed by atoms with Gasteiger partial charge in [0.05, 0.1) is 12.1 Å². The van der Waals surface area contributed by atoms with Gasteiger partial charge in [0.15, 0.2) is 0 Å². The van der Waals surface area contributed by atoms with Crippen LogP contribution < -0.4 is 26.5 Å². The molecule has 0 heterocycles. The Morgan fingerprint density at radius 3 is 1.31 bits per heavy atom. The standard InChI is InChI=1S/C43H35N2O2P/c1-28-16-8-9-21-31(28)42(46)44-40-38-32-22-10-12-24-34(32)39(35-25-13-11-23-33(35)38)41(40)45-43(47)36-26-14-15-27-37(36)48(29-17-4-2-5-18-29)30-19-6-3-7-20-30/h2-27,38-41H,1H3,(H,44,46)(H,45,47). The quantitative estimate of drug-likeness (QED) is 0.186. The summed E-state index contributed by atoms with van der Waals surface area (Å²) >= 11 is 0. The van der Waals surface area contributed by atoms with Gasteiger partial charge < -0.3 is 10.6 Å². The van der Waals surface area contributed by atoms with Crippen LogP contribution >= 0.6 is 7.92 Å². The van der Waals surface area contributed by atoms with Gasteiger partial charge in [-0.2, -0.15) is 0 Å². The number of carbonyl (C=O) groups is 2. The predicted octanol–water partition coefficient (Wildman–Crippen LogP) is 6.94. The summed E-state index contributed by atoms with van der Waals surface area (Å²) in [5.41, 5.74) is 7.05. The second-order valence-electron chi connectivity index (χ2n) is 12.6. The fourth-order valence-electron chi connectivity index (χ4n) is 7.75. The van der Waals surface area contributed by atoms with Gasteiger partial charge in [-0.05, 0) is 70.7 Å². The molecule has 2 atom stereocenters. The number of benzene rings is 6. The first-order chi connectivity index (χ1) is 23.6. The number of hydrogen-bond acceptors (Lipinski definition) is 2. The highest BCUT2D eigenvalue weighted by atomic mass is 31.1. The third kappa shape index (κ3) is 5.23. The summed E-state index contributed by atoms with van der Waals surface area (Å²) in [4.78, 5) is 28.7. The van der Waals surface area contributed by atoms with E-state index in [1.165, 1.54) is 32.9 Å². The van der Waals surface area contributed by atoms with E-state index in [0.717, 1.165) is 10.9 Å². The number of rotatable bonds is 7. The van der Waals surface area contributed by atoms with Crippen molar-refractivity contribution in [2.45, 2.75) is 30.8 Å². The average molecular weight is 643 g/mol. The zero-order valence-corrected chi connectivity index (χ0v) is 27.5. The van der Waals surface area contributed by atoms with Crippen LogP contribution in [0, 0.1) is 6.92 Å². The molecule has 2 unspecified atom stereocenters. The lowest BCUT2D eigenvalue weighted by atomic mass is 9.59. The minimum Gasteiger partial charge on any atom is -0.346 e. The molecule has 48 heavy (non-hydrogen) atoms. The Labute approximate surface area is 282 Å². The Morgan fingerprint density at radius 2 is 0.833 bits per heavy atom. The number of fused-ring (bicyclic) bond motifs is 1. The Kier molecular flexibility index (Phi) is 7.96. The van der Waals surface area contributed by atoms with Crippen molar-refractivity contribution in [2.75, 3.05) is 0 Å². The van der Waals surface area contributed by atoms with Crippen molar-refractivity contribution in [3.05, 3.63) is 197 Å². The minimum absolute atomic E-state index is 0.110. The normalized spacial score (nSPS) is 18.9. The SMILES string of the molecule is Cc1ccccc1C(=O)NC1C2c3ccccc3C(c3ccccc32)C1NC(=O)c1ccccc1P(c1ccccc1)c1ccccc1. The largest absolute Gasteiger partial charge is 0.346 e. The highest BCUT2D eigenvalue weighted by Crippen LogP contribution is 2.53. The summed E-state index contributed by atoms with van der Waals surface area (Å²) in [5, 5.41) is 10.3. The fraction of sp³-hybridized carbons (Fsp3) is 0.116. The summed E-state index contributed by atoms with van der Waals surface area (Å²) in [5.74, 6) is -0.489. The fourth-order valence-corrected chi connectivity index (χ4v) is 10.2. The van der Waals surface area contributed by atoms with E-state index in [4.69, 9.17) is 0 Å². The second-order valence-corrected chi connectivity index (χ2v) is 14.7. The maximum absolute atomic E-state index is 14.7. The first kappa shape index (κ1) is 30.1. The van der Waals surface area contributed by atoms with Gasteiger partial charge in [-0.15, -0.1) is 0 Å². The van der Waals surface area contributed by atoms with E-state index in [9.17, 15) is 9.59 Å². The van der Waals surface area contributed by atoms with Crippen LogP contribution in [-0.2, 0) is 0 Å². The number of amides is 2. The second kappa shape index (κ2) is 12.7. The van der Waals surface area contributed by atoms with Crippen LogP contribution in [0.1, 0.15) is 60.4 Å². The molecule has 0 spiro atoms. The van der Waals surface area contributed by atoms with Crippen LogP contribution in [0.2, 0.25) is 0 Å². The van der Waals surface area contributed by atoms with Gasteiger partial charge in [-0.1, -0.05) is 146 Å². The Balaban J connectivity index is 1.23. The highest BCUT2D eigenvalue weighted by molar-refractivity contribution is 7.80. The lowest BCUT2D eigenvalue weighted by Crippen LogP contribution is -2.62. The molecule has 0 saturated heterocycles. The van der Waals surface area contributed by atoms with Gasteiger partial charge in [-0.25, -0.2) is 0 Å². The molecule has 9 rings (SSSR count). The van der Waals surface area contributed by atoms with Crippen LogP contribution in [0.4, 0.5) is 0 Å². The number of nitrogens with one attached hydrogen (secondary N) is 2. The molecule has 3 aliphatic carbocycles. The molecule has 0 fully saturated rings. The van der Waals surface area contributed by atoms with Gasteiger partial charge >= 0.3 is 0 Å².